The van der Waals surface area contributed by atoms with Crippen molar-refractivity contribution >= 4 is 11.7 Å². The van der Waals surface area contributed by atoms with E-state index in [0.29, 0.717) is 0 Å². The summed E-state index contributed by atoms with van der Waals surface area (Å²) in [7, 11) is 1.13. The van der Waals surface area contributed by atoms with E-state index in [1.54, 1.807) is 19.9 Å². The van der Waals surface area contributed by atoms with Crippen LogP contribution in [0.2, 0.25) is 0 Å². The second-order valence-electron chi connectivity index (χ2n) is 4.55. The molecule has 110 valence electrons. The lowest BCUT2D eigenvalue weighted by molar-refractivity contribution is -0.143. The molecule has 1 aromatic carbocycles. The molecule has 0 radical (unpaired) electrons. The van der Waals surface area contributed by atoms with Crippen LogP contribution in [0.1, 0.15) is 19.4 Å². The van der Waals surface area contributed by atoms with E-state index in [9.17, 15) is 18.0 Å². The third-order valence-electron chi connectivity index (χ3n) is 2.66. The summed E-state index contributed by atoms with van der Waals surface area (Å²) in [6.45, 7) is 3.23. The quantitative estimate of drug-likeness (QED) is 0.630. The lowest BCUT2D eigenvalue weighted by Crippen LogP contribution is -2.32. The predicted octanol–water partition coefficient (Wildman–Crippen LogP) is 3.24. The molecule has 0 heterocycles. The summed E-state index contributed by atoms with van der Waals surface area (Å²) in [4.78, 5) is 15.2. The monoisotopic (exact) mass is 287 g/mol. The first-order valence-electron chi connectivity index (χ1n) is 6.05. The molecule has 20 heavy (non-hydrogen) atoms. The average molecular weight is 287 g/mol. The van der Waals surface area contributed by atoms with E-state index in [1.165, 1.54) is 24.3 Å². The zero-order valence-corrected chi connectivity index (χ0v) is 11.4. The summed E-state index contributed by atoms with van der Waals surface area (Å²) < 4.78 is 43.9. The second kappa shape index (κ2) is 6.54. The minimum Gasteiger partial charge on any atom is -0.467 e. The van der Waals surface area contributed by atoms with Crippen LogP contribution in [0.15, 0.2) is 35.3 Å². The number of rotatable bonds is 4. The Labute approximate surface area is 115 Å². The van der Waals surface area contributed by atoms with E-state index < -0.39 is 29.8 Å². The molecule has 1 rings (SSSR count). The summed E-state index contributed by atoms with van der Waals surface area (Å²) in [5.74, 6) is -1.18. The van der Waals surface area contributed by atoms with Gasteiger partial charge in [0.15, 0.2) is 6.04 Å². The molecule has 0 amide bonds. The number of hydrogen-bond donors (Lipinski definition) is 0. The fourth-order valence-electron chi connectivity index (χ4n) is 1.64. The van der Waals surface area contributed by atoms with Gasteiger partial charge in [-0.3, -0.25) is 4.99 Å². The van der Waals surface area contributed by atoms with E-state index in [-0.39, 0.29) is 5.56 Å². The Bertz CT molecular complexity index is 481. The first-order valence-corrected chi connectivity index (χ1v) is 6.05. The van der Waals surface area contributed by atoms with Crippen LogP contribution in [-0.4, -0.2) is 31.0 Å². The summed E-state index contributed by atoms with van der Waals surface area (Å²) >= 11 is 0. The number of nitrogens with zero attached hydrogens (tertiary/aromatic N) is 1. The zero-order chi connectivity index (χ0) is 15.3. The summed E-state index contributed by atoms with van der Waals surface area (Å²) in [5.41, 5.74) is -1.14. The molecule has 0 saturated heterocycles. The van der Waals surface area contributed by atoms with Crippen LogP contribution in [0.4, 0.5) is 13.2 Å². The second-order valence-corrected chi connectivity index (χ2v) is 4.55. The third-order valence-corrected chi connectivity index (χ3v) is 2.66. The highest BCUT2D eigenvalue weighted by Crippen LogP contribution is 2.24. The molecular formula is C14H16F3NO2. The minimum atomic E-state index is -4.64. The molecule has 1 atom stereocenters. The van der Waals surface area contributed by atoms with Gasteiger partial charge in [-0.2, -0.15) is 13.2 Å². The maximum absolute atomic E-state index is 13.1. The molecule has 0 aliphatic rings. The Hall–Kier alpha value is -1.85. The van der Waals surface area contributed by atoms with Crippen molar-refractivity contribution in [2.75, 3.05) is 7.11 Å². The number of aliphatic imine (C=N–C) groups is 1. The van der Waals surface area contributed by atoms with Crippen LogP contribution in [0.3, 0.4) is 0 Å². The highest BCUT2D eigenvalue weighted by molar-refractivity contribution is 6.05. The van der Waals surface area contributed by atoms with E-state index >= 15 is 0 Å². The predicted molar refractivity (Wildman–Crippen MR) is 69.7 cm³/mol. The maximum atomic E-state index is 13.1. The average Bonchev–Trinajstić information content (AvgIpc) is 2.38. The SMILES string of the molecule is COC(=O)[C@@H](N=C(c1ccccc1)C(F)(F)F)C(C)C. The Morgan fingerprint density at radius 1 is 1.20 bits per heavy atom. The molecule has 0 bridgehead atoms. The number of carbonyl (C=O) groups is 1. The van der Waals surface area contributed by atoms with Gasteiger partial charge in [0.1, 0.15) is 5.71 Å². The van der Waals surface area contributed by atoms with Crippen LogP contribution in [0.5, 0.6) is 0 Å². The van der Waals surface area contributed by atoms with E-state index in [4.69, 9.17) is 0 Å². The number of carbonyl (C=O) groups excluding carboxylic acids is 1. The van der Waals surface area contributed by atoms with E-state index in [1.807, 2.05) is 0 Å². The standard InChI is InChI=1S/C14H16F3NO2/c1-9(2)11(13(19)20-3)18-12(14(15,16)17)10-7-5-4-6-8-10/h4-9,11H,1-3H3/t11-/m0/s1. The van der Waals surface area contributed by atoms with Gasteiger partial charge in [-0.1, -0.05) is 44.2 Å². The van der Waals surface area contributed by atoms with Gasteiger partial charge in [0.05, 0.1) is 7.11 Å². The Morgan fingerprint density at radius 2 is 1.75 bits per heavy atom. The van der Waals surface area contributed by atoms with Gasteiger partial charge in [-0.05, 0) is 5.92 Å². The van der Waals surface area contributed by atoms with Gasteiger partial charge in [-0.15, -0.1) is 0 Å². The number of benzene rings is 1. The fraction of sp³-hybridized carbons (Fsp3) is 0.429. The molecule has 6 heteroatoms. The number of hydrogen-bond acceptors (Lipinski definition) is 3. The van der Waals surface area contributed by atoms with Crippen LogP contribution in [0, 0.1) is 5.92 Å². The number of halogens is 3. The van der Waals surface area contributed by atoms with Crippen molar-refractivity contribution in [2.45, 2.75) is 26.1 Å². The van der Waals surface area contributed by atoms with Crippen molar-refractivity contribution in [1.82, 2.24) is 0 Å². The molecule has 0 N–H and O–H groups in total. The summed E-state index contributed by atoms with van der Waals surface area (Å²) in [6.07, 6.45) is -4.64. The lowest BCUT2D eigenvalue weighted by atomic mass is 10.0. The van der Waals surface area contributed by atoms with Crippen molar-refractivity contribution < 1.29 is 22.7 Å². The van der Waals surface area contributed by atoms with Crippen LogP contribution in [-0.2, 0) is 9.53 Å². The van der Waals surface area contributed by atoms with Gasteiger partial charge in [0, 0.05) is 5.56 Å². The maximum Gasteiger partial charge on any atom is 0.433 e. The molecular weight excluding hydrogens is 271 g/mol. The highest BCUT2D eigenvalue weighted by atomic mass is 19.4. The van der Waals surface area contributed by atoms with Gasteiger partial charge in [0.25, 0.3) is 0 Å². The number of alkyl halides is 3. The zero-order valence-electron chi connectivity index (χ0n) is 11.4. The molecule has 0 saturated carbocycles. The Kier molecular flexibility index (Phi) is 5.30. The van der Waals surface area contributed by atoms with Crippen molar-refractivity contribution in [3.63, 3.8) is 0 Å². The molecule has 0 aliphatic carbocycles. The van der Waals surface area contributed by atoms with Crippen molar-refractivity contribution in [3.05, 3.63) is 35.9 Å². The molecule has 3 nitrogen and oxygen atoms in total. The fourth-order valence-corrected chi connectivity index (χ4v) is 1.64. The smallest absolute Gasteiger partial charge is 0.433 e. The molecule has 0 aliphatic heterocycles. The first-order chi connectivity index (χ1) is 9.27. The largest absolute Gasteiger partial charge is 0.467 e. The molecule has 0 fully saturated rings. The van der Waals surface area contributed by atoms with Crippen molar-refractivity contribution in [1.29, 1.82) is 0 Å². The topological polar surface area (TPSA) is 38.7 Å². The van der Waals surface area contributed by atoms with Crippen LogP contribution >= 0.6 is 0 Å². The van der Waals surface area contributed by atoms with Gasteiger partial charge >= 0.3 is 12.1 Å². The number of ether oxygens (including phenoxy) is 1. The van der Waals surface area contributed by atoms with Gasteiger partial charge in [-0.25, -0.2) is 4.79 Å². The van der Waals surface area contributed by atoms with Gasteiger partial charge in [0.2, 0.25) is 0 Å². The van der Waals surface area contributed by atoms with E-state index in [2.05, 4.69) is 9.73 Å². The van der Waals surface area contributed by atoms with Gasteiger partial charge < -0.3 is 4.74 Å². The van der Waals surface area contributed by atoms with Crippen LogP contribution < -0.4 is 0 Å². The molecule has 0 unspecified atom stereocenters. The Balaban J connectivity index is 3.30. The first kappa shape index (κ1) is 16.2. The van der Waals surface area contributed by atoms with Crippen molar-refractivity contribution in [2.24, 2.45) is 10.9 Å². The van der Waals surface area contributed by atoms with Crippen LogP contribution in [0.25, 0.3) is 0 Å². The van der Waals surface area contributed by atoms with E-state index in [0.717, 1.165) is 7.11 Å². The number of methoxy groups -OCH3 is 1. The highest BCUT2D eigenvalue weighted by Gasteiger charge is 2.38. The molecule has 0 spiro atoms. The lowest BCUT2D eigenvalue weighted by Gasteiger charge is -2.18. The molecule has 0 aromatic heterocycles. The Morgan fingerprint density at radius 3 is 2.15 bits per heavy atom. The molecule has 1 aromatic rings. The number of esters is 1. The summed E-state index contributed by atoms with van der Waals surface area (Å²) in [6, 6.07) is 6.01. The third kappa shape index (κ3) is 4.08. The summed E-state index contributed by atoms with van der Waals surface area (Å²) in [5, 5.41) is 0. The van der Waals surface area contributed by atoms with Crippen molar-refractivity contribution in [3.8, 4) is 0 Å². The normalized spacial score (nSPS) is 14.2. The minimum absolute atomic E-state index is 0.0745.